The molecule has 1 aliphatic rings. The van der Waals surface area contributed by atoms with Gasteiger partial charge in [-0.15, -0.1) is 0 Å². The van der Waals surface area contributed by atoms with Crippen LogP contribution < -0.4 is 0 Å². The van der Waals surface area contributed by atoms with Crippen LogP contribution in [0.25, 0.3) is 0 Å². The highest BCUT2D eigenvalue weighted by molar-refractivity contribution is 6.36. The second kappa shape index (κ2) is 5.91. The number of carbonyl (C=O) groups is 1. The van der Waals surface area contributed by atoms with E-state index in [4.69, 9.17) is 27.9 Å². The van der Waals surface area contributed by atoms with Crippen molar-refractivity contribution in [2.24, 2.45) is 0 Å². The Labute approximate surface area is 117 Å². The van der Waals surface area contributed by atoms with Crippen molar-refractivity contribution in [2.45, 2.75) is 25.5 Å². The lowest BCUT2D eigenvalue weighted by molar-refractivity contribution is -0.0397. The van der Waals surface area contributed by atoms with Gasteiger partial charge in [-0.1, -0.05) is 23.2 Å². The van der Waals surface area contributed by atoms with Crippen LogP contribution in [0.5, 0.6) is 0 Å². The Balaban J connectivity index is 2.24. The Kier molecular flexibility index (Phi) is 4.49. The minimum Gasteiger partial charge on any atom is -0.362 e. The maximum absolute atomic E-state index is 12.4. The maximum atomic E-state index is 12.4. The number of nitrogens with zero attached hydrogens (tertiary/aromatic N) is 1. The molecule has 1 aliphatic heterocycles. The lowest BCUT2D eigenvalue weighted by Gasteiger charge is -2.34. The molecule has 0 spiro atoms. The molecule has 1 unspecified atom stereocenters. The standard InChI is InChI=1S/C13H15Cl2NO2/c1-18-12-4-2-3-7-16(12)13(17)10-6-5-9(14)8-11(10)15/h5-6,8,12H,2-4,7H2,1H3. The Morgan fingerprint density at radius 1 is 1.39 bits per heavy atom. The van der Waals surface area contributed by atoms with Crippen LogP contribution >= 0.6 is 23.2 Å². The number of hydrogen-bond donors (Lipinski definition) is 0. The highest BCUT2D eigenvalue weighted by Crippen LogP contribution is 2.25. The highest BCUT2D eigenvalue weighted by Gasteiger charge is 2.28. The molecule has 1 aromatic rings. The van der Waals surface area contributed by atoms with E-state index >= 15 is 0 Å². The number of amides is 1. The fraction of sp³-hybridized carbons (Fsp3) is 0.462. The number of piperidine rings is 1. The number of halogens is 2. The number of rotatable bonds is 2. The zero-order valence-corrected chi connectivity index (χ0v) is 11.7. The van der Waals surface area contributed by atoms with Crippen LogP contribution in [0.3, 0.4) is 0 Å². The van der Waals surface area contributed by atoms with Gasteiger partial charge in [0.2, 0.25) is 0 Å². The van der Waals surface area contributed by atoms with Crippen molar-refractivity contribution in [3.63, 3.8) is 0 Å². The van der Waals surface area contributed by atoms with Gasteiger partial charge in [-0.3, -0.25) is 4.79 Å². The first-order valence-corrected chi connectivity index (χ1v) is 6.68. The number of ether oxygens (including phenoxy) is 1. The van der Waals surface area contributed by atoms with Gasteiger partial charge in [0.1, 0.15) is 6.23 Å². The summed E-state index contributed by atoms with van der Waals surface area (Å²) in [6.07, 6.45) is 2.79. The molecule has 98 valence electrons. The van der Waals surface area contributed by atoms with E-state index in [0.717, 1.165) is 19.3 Å². The van der Waals surface area contributed by atoms with Gasteiger partial charge < -0.3 is 9.64 Å². The van der Waals surface area contributed by atoms with E-state index in [2.05, 4.69) is 0 Å². The molecule has 5 heteroatoms. The number of hydrogen-bond acceptors (Lipinski definition) is 2. The zero-order valence-electron chi connectivity index (χ0n) is 10.2. The van der Waals surface area contributed by atoms with Gasteiger partial charge in [-0.25, -0.2) is 0 Å². The molecule has 0 radical (unpaired) electrons. The van der Waals surface area contributed by atoms with Gasteiger partial charge in [0.25, 0.3) is 5.91 Å². The smallest absolute Gasteiger partial charge is 0.257 e. The summed E-state index contributed by atoms with van der Waals surface area (Å²) >= 11 is 11.9. The number of likely N-dealkylation sites (tertiary alicyclic amines) is 1. The molecule has 3 nitrogen and oxygen atoms in total. The van der Waals surface area contributed by atoms with Crippen LogP contribution in [-0.4, -0.2) is 30.7 Å². The first kappa shape index (κ1) is 13.7. The molecule has 18 heavy (non-hydrogen) atoms. The molecule has 1 saturated heterocycles. The van der Waals surface area contributed by atoms with Crippen LogP contribution in [-0.2, 0) is 4.74 Å². The van der Waals surface area contributed by atoms with Gasteiger partial charge >= 0.3 is 0 Å². The van der Waals surface area contributed by atoms with E-state index in [1.165, 1.54) is 0 Å². The van der Waals surface area contributed by atoms with Crippen molar-refractivity contribution >= 4 is 29.1 Å². The number of benzene rings is 1. The molecule has 0 saturated carbocycles. The average Bonchev–Trinajstić information content (AvgIpc) is 2.38. The first-order valence-electron chi connectivity index (χ1n) is 5.92. The Morgan fingerprint density at radius 3 is 2.83 bits per heavy atom. The number of methoxy groups -OCH3 is 1. The maximum Gasteiger partial charge on any atom is 0.257 e. The topological polar surface area (TPSA) is 29.5 Å². The van der Waals surface area contributed by atoms with Crippen LogP contribution in [0.1, 0.15) is 29.6 Å². The van der Waals surface area contributed by atoms with Crippen LogP contribution in [0.15, 0.2) is 18.2 Å². The predicted molar refractivity (Wildman–Crippen MR) is 72.1 cm³/mol. The largest absolute Gasteiger partial charge is 0.362 e. The van der Waals surface area contributed by atoms with Crippen molar-refractivity contribution in [1.29, 1.82) is 0 Å². The summed E-state index contributed by atoms with van der Waals surface area (Å²) in [7, 11) is 1.62. The second-order valence-corrected chi connectivity index (χ2v) is 5.15. The summed E-state index contributed by atoms with van der Waals surface area (Å²) in [5.41, 5.74) is 0.477. The van der Waals surface area contributed by atoms with E-state index in [9.17, 15) is 4.79 Å². The van der Waals surface area contributed by atoms with Crippen molar-refractivity contribution in [1.82, 2.24) is 4.90 Å². The van der Waals surface area contributed by atoms with Crippen molar-refractivity contribution < 1.29 is 9.53 Å². The van der Waals surface area contributed by atoms with Crippen molar-refractivity contribution in [3.05, 3.63) is 33.8 Å². The number of carbonyl (C=O) groups excluding carboxylic acids is 1. The molecule has 1 fully saturated rings. The SMILES string of the molecule is COC1CCCCN1C(=O)c1ccc(Cl)cc1Cl. The lowest BCUT2D eigenvalue weighted by Crippen LogP contribution is -2.44. The third-order valence-electron chi connectivity index (χ3n) is 3.14. The molecular formula is C13H15Cl2NO2. The lowest BCUT2D eigenvalue weighted by atomic mass is 10.1. The highest BCUT2D eigenvalue weighted by atomic mass is 35.5. The molecular weight excluding hydrogens is 273 g/mol. The summed E-state index contributed by atoms with van der Waals surface area (Å²) in [6.45, 7) is 0.705. The van der Waals surface area contributed by atoms with Gasteiger partial charge in [0.05, 0.1) is 10.6 Å². The van der Waals surface area contributed by atoms with Gasteiger partial charge in [-0.2, -0.15) is 0 Å². The molecule has 1 amide bonds. The van der Waals surface area contributed by atoms with Crippen molar-refractivity contribution in [3.8, 4) is 0 Å². The monoisotopic (exact) mass is 287 g/mol. The molecule has 2 rings (SSSR count). The van der Waals surface area contributed by atoms with E-state index in [0.29, 0.717) is 22.2 Å². The molecule has 0 N–H and O–H groups in total. The first-order chi connectivity index (χ1) is 8.63. The molecule has 1 aromatic carbocycles. The minimum absolute atomic E-state index is 0.0942. The Bertz CT molecular complexity index is 451. The van der Waals surface area contributed by atoms with Crippen LogP contribution in [0, 0.1) is 0 Å². The third kappa shape index (κ3) is 2.79. The fourth-order valence-electron chi connectivity index (χ4n) is 2.20. The summed E-state index contributed by atoms with van der Waals surface area (Å²) in [6, 6.07) is 4.92. The second-order valence-electron chi connectivity index (χ2n) is 4.31. The summed E-state index contributed by atoms with van der Waals surface area (Å²) in [5.74, 6) is -0.0942. The van der Waals surface area contributed by atoms with Gasteiger partial charge in [0.15, 0.2) is 0 Å². The molecule has 1 heterocycles. The minimum atomic E-state index is -0.155. The van der Waals surface area contributed by atoms with Crippen LogP contribution in [0.4, 0.5) is 0 Å². The fourth-order valence-corrected chi connectivity index (χ4v) is 2.69. The Hall–Kier alpha value is -0.770. The Morgan fingerprint density at radius 2 is 2.17 bits per heavy atom. The summed E-state index contributed by atoms with van der Waals surface area (Å²) in [5, 5.41) is 0.909. The zero-order chi connectivity index (χ0) is 13.1. The normalized spacial score (nSPS) is 19.9. The third-order valence-corrected chi connectivity index (χ3v) is 3.69. The molecule has 1 atom stereocenters. The summed E-state index contributed by atoms with van der Waals surface area (Å²) in [4.78, 5) is 14.2. The average molecular weight is 288 g/mol. The van der Waals surface area contributed by atoms with Crippen LogP contribution in [0.2, 0.25) is 10.0 Å². The molecule has 0 aromatic heterocycles. The van der Waals surface area contributed by atoms with Gasteiger partial charge in [0, 0.05) is 18.7 Å². The van der Waals surface area contributed by atoms with E-state index < -0.39 is 0 Å². The summed E-state index contributed by atoms with van der Waals surface area (Å²) < 4.78 is 5.35. The van der Waals surface area contributed by atoms with E-state index in [-0.39, 0.29) is 12.1 Å². The predicted octanol–water partition coefficient (Wildman–Crippen LogP) is 3.59. The van der Waals surface area contributed by atoms with Gasteiger partial charge in [-0.05, 0) is 37.5 Å². The van der Waals surface area contributed by atoms with E-state index in [1.54, 1.807) is 30.2 Å². The molecule has 0 bridgehead atoms. The van der Waals surface area contributed by atoms with E-state index in [1.807, 2.05) is 0 Å². The van der Waals surface area contributed by atoms with Crippen molar-refractivity contribution in [2.75, 3.05) is 13.7 Å². The quantitative estimate of drug-likeness (QED) is 0.832. The molecule has 0 aliphatic carbocycles.